The molecule has 29 heavy (non-hydrogen) atoms. The Labute approximate surface area is 171 Å². The molecular weight excluding hydrogens is 362 g/mol. The average Bonchev–Trinajstić information content (AvgIpc) is 3.44. The second-order valence-electron chi connectivity index (χ2n) is 7.71. The third-order valence-electron chi connectivity index (χ3n) is 5.68. The zero-order valence-corrected chi connectivity index (χ0v) is 17.0. The fraction of sp³-hybridized carbons (Fsp3) is 0.333. The van der Waals surface area contributed by atoms with E-state index in [0.29, 0.717) is 22.9 Å². The van der Waals surface area contributed by atoms with Crippen LogP contribution < -0.4 is 4.74 Å². The molecule has 0 saturated heterocycles. The molecule has 0 bridgehead atoms. The lowest BCUT2D eigenvalue weighted by Crippen LogP contribution is -2.31. The summed E-state index contributed by atoms with van der Waals surface area (Å²) >= 11 is 0. The quantitative estimate of drug-likeness (QED) is 0.608. The van der Waals surface area contributed by atoms with Crippen LogP contribution in [-0.4, -0.2) is 41.3 Å². The number of carbonyl (C=O) groups excluding carboxylic acids is 1. The Balaban J connectivity index is 1.74. The van der Waals surface area contributed by atoms with E-state index in [-0.39, 0.29) is 5.91 Å². The molecule has 1 aliphatic rings. The third-order valence-corrected chi connectivity index (χ3v) is 5.68. The van der Waals surface area contributed by atoms with E-state index in [4.69, 9.17) is 9.84 Å². The van der Waals surface area contributed by atoms with Crippen LogP contribution in [0.1, 0.15) is 36.0 Å². The van der Waals surface area contributed by atoms with Crippen LogP contribution in [0.3, 0.4) is 0 Å². The number of benzene rings is 2. The Hall–Kier alpha value is -3.08. The minimum Gasteiger partial charge on any atom is -0.496 e. The number of aromatic nitrogens is 2. The van der Waals surface area contributed by atoms with Gasteiger partial charge in [0.05, 0.1) is 18.4 Å². The first kappa shape index (κ1) is 19.2. The van der Waals surface area contributed by atoms with Crippen LogP contribution in [0.2, 0.25) is 0 Å². The molecular formula is C24H27N3O2. The number of carbonyl (C=O) groups is 1. The lowest BCUT2D eigenvalue weighted by Gasteiger charge is -2.21. The molecule has 5 nitrogen and oxygen atoms in total. The van der Waals surface area contributed by atoms with E-state index in [2.05, 4.69) is 0 Å². The van der Waals surface area contributed by atoms with Crippen molar-refractivity contribution >= 4 is 5.91 Å². The maximum atomic E-state index is 13.4. The summed E-state index contributed by atoms with van der Waals surface area (Å²) in [5.74, 6) is 1.31. The number of amides is 1. The van der Waals surface area contributed by atoms with Gasteiger partial charge in [0.2, 0.25) is 0 Å². The molecule has 0 radical (unpaired) electrons. The Bertz CT molecular complexity index is 975. The van der Waals surface area contributed by atoms with Gasteiger partial charge in [0.15, 0.2) is 0 Å². The predicted octanol–water partition coefficient (Wildman–Crippen LogP) is 4.81. The molecule has 4 rings (SSSR count). The number of methoxy groups -OCH3 is 1. The number of ether oxygens (including phenoxy) is 1. The van der Waals surface area contributed by atoms with Crippen LogP contribution in [0.4, 0.5) is 0 Å². The van der Waals surface area contributed by atoms with Gasteiger partial charge in [-0.05, 0) is 43.0 Å². The molecule has 1 aliphatic carbocycles. The summed E-state index contributed by atoms with van der Waals surface area (Å²) in [6.45, 7) is 0.792. The third kappa shape index (κ3) is 4.04. The van der Waals surface area contributed by atoms with Crippen molar-refractivity contribution in [1.29, 1.82) is 0 Å². The normalized spacial score (nSPS) is 14.1. The smallest absolute Gasteiger partial charge is 0.257 e. The lowest BCUT2D eigenvalue weighted by molar-refractivity contribution is 0.0774. The first-order valence-corrected chi connectivity index (χ1v) is 10.2. The maximum Gasteiger partial charge on any atom is 0.257 e. The van der Waals surface area contributed by atoms with Gasteiger partial charge in [-0.1, -0.05) is 43.2 Å². The Kier molecular flexibility index (Phi) is 5.65. The van der Waals surface area contributed by atoms with Gasteiger partial charge in [-0.15, -0.1) is 0 Å². The zero-order valence-electron chi connectivity index (χ0n) is 17.0. The molecule has 150 valence electrons. The van der Waals surface area contributed by atoms with Crippen molar-refractivity contribution in [3.05, 3.63) is 66.4 Å². The summed E-state index contributed by atoms with van der Waals surface area (Å²) in [5, 5.41) is 4.78. The largest absolute Gasteiger partial charge is 0.496 e. The molecule has 0 atom stereocenters. The van der Waals surface area contributed by atoms with Gasteiger partial charge in [-0.2, -0.15) is 5.10 Å². The number of hydrogen-bond donors (Lipinski definition) is 0. The summed E-state index contributed by atoms with van der Waals surface area (Å²) < 4.78 is 7.32. The standard InChI is InChI=1S/C24H27N3O2/c1-26(16-18-10-6-7-11-18)24(28)21-17-27(19-12-4-3-5-13-19)25-23(21)20-14-8-9-15-22(20)29-2/h3-5,8-9,12-15,17-18H,6-7,10-11,16H2,1-2H3. The van der Waals surface area contributed by atoms with Crippen LogP contribution in [0.25, 0.3) is 16.9 Å². The van der Waals surface area contributed by atoms with Gasteiger partial charge in [0.1, 0.15) is 11.4 Å². The van der Waals surface area contributed by atoms with Gasteiger partial charge in [-0.25, -0.2) is 4.68 Å². The van der Waals surface area contributed by atoms with Crippen LogP contribution in [0.15, 0.2) is 60.8 Å². The Morgan fingerprint density at radius 2 is 1.79 bits per heavy atom. The van der Waals surface area contributed by atoms with Crippen LogP contribution in [0, 0.1) is 5.92 Å². The SMILES string of the molecule is COc1ccccc1-c1nn(-c2ccccc2)cc1C(=O)N(C)CC1CCCC1. The summed E-state index contributed by atoms with van der Waals surface area (Å²) in [4.78, 5) is 15.3. The number of para-hydroxylation sites is 2. The minimum absolute atomic E-state index is 0.0000118. The molecule has 0 N–H and O–H groups in total. The molecule has 1 fully saturated rings. The van der Waals surface area contributed by atoms with E-state index in [1.807, 2.05) is 72.7 Å². The molecule has 1 aromatic heterocycles. The highest BCUT2D eigenvalue weighted by molar-refractivity contribution is 6.00. The summed E-state index contributed by atoms with van der Waals surface area (Å²) in [6, 6.07) is 17.6. The Morgan fingerprint density at radius 3 is 2.52 bits per heavy atom. The van der Waals surface area contributed by atoms with Crippen LogP contribution >= 0.6 is 0 Å². The van der Waals surface area contributed by atoms with E-state index < -0.39 is 0 Å². The molecule has 0 aliphatic heterocycles. The number of hydrogen-bond acceptors (Lipinski definition) is 3. The van der Waals surface area contributed by atoms with Crippen LogP contribution in [-0.2, 0) is 0 Å². The van der Waals surface area contributed by atoms with Gasteiger partial charge in [0, 0.05) is 25.4 Å². The average molecular weight is 389 g/mol. The van der Waals surface area contributed by atoms with E-state index in [9.17, 15) is 4.79 Å². The van der Waals surface area contributed by atoms with Crippen molar-refractivity contribution in [2.75, 3.05) is 20.7 Å². The van der Waals surface area contributed by atoms with E-state index >= 15 is 0 Å². The van der Waals surface area contributed by atoms with Crippen molar-refractivity contribution in [3.63, 3.8) is 0 Å². The highest BCUT2D eigenvalue weighted by Gasteiger charge is 2.25. The second-order valence-corrected chi connectivity index (χ2v) is 7.71. The maximum absolute atomic E-state index is 13.4. The Morgan fingerprint density at radius 1 is 1.10 bits per heavy atom. The van der Waals surface area contributed by atoms with Crippen molar-refractivity contribution in [1.82, 2.24) is 14.7 Å². The van der Waals surface area contributed by atoms with Gasteiger partial charge in [0.25, 0.3) is 5.91 Å². The molecule has 0 spiro atoms. The fourth-order valence-corrected chi connectivity index (χ4v) is 4.15. The van der Waals surface area contributed by atoms with E-state index in [1.165, 1.54) is 25.7 Å². The van der Waals surface area contributed by atoms with Crippen molar-refractivity contribution in [2.45, 2.75) is 25.7 Å². The van der Waals surface area contributed by atoms with Crippen molar-refractivity contribution in [3.8, 4) is 22.7 Å². The predicted molar refractivity (Wildman–Crippen MR) is 114 cm³/mol. The second kappa shape index (κ2) is 8.52. The molecule has 0 unspecified atom stereocenters. The van der Waals surface area contributed by atoms with Crippen LogP contribution in [0.5, 0.6) is 5.75 Å². The summed E-state index contributed by atoms with van der Waals surface area (Å²) in [7, 11) is 3.53. The summed E-state index contributed by atoms with van der Waals surface area (Å²) in [5.41, 5.74) is 2.98. The highest BCUT2D eigenvalue weighted by atomic mass is 16.5. The number of rotatable bonds is 6. The monoisotopic (exact) mass is 389 g/mol. The molecule has 1 saturated carbocycles. The number of nitrogens with zero attached hydrogens (tertiary/aromatic N) is 3. The van der Waals surface area contributed by atoms with Gasteiger partial charge < -0.3 is 9.64 Å². The van der Waals surface area contributed by atoms with Crippen molar-refractivity contribution < 1.29 is 9.53 Å². The molecule has 1 heterocycles. The molecule has 1 amide bonds. The van der Waals surface area contributed by atoms with Gasteiger partial charge in [-0.3, -0.25) is 4.79 Å². The van der Waals surface area contributed by atoms with E-state index in [0.717, 1.165) is 17.8 Å². The van der Waals surface area contributed by atoms with Crippen molar-refractivity contribution in [2.24, 2.45) is 5.92 Å². The highest BCUT2D eigenvalue weighted by Crippen LogP contribution is 2.33. The first-order valence-electron chi connectivity index (χ1n) is 10.2. The zero-order chi connectivity index (χ0) is 20.2. The van der Waals surface area contributed by atoms with Gasteiger partial charge >= 0.3 is 0 Å². The summed E-state index contributed by atoms with van der Waals surface area (Å²) in [6.07, 6.45) is 6.79. The molecule has 5 heteroatoms. The topological polar surface area (TPSA) is 47.4 Å². The lowest BCUT2D eigenvalue weighted by atomic mass is 10.0. The molecule has 3 aromatic rings. The molecule has 2 aromatic carbocycles. The minimum atomic E-state index is -0.0000118. The first-order chi connectivity index (χ1) is 14.2. The van der Waals surface area contributed by atoms with E-state index in [1.54, 1.807) is 11.8 Å². The fourth-order valence-electron chi connectivity index (χ4n) is 4.15.